The summed E-state index contributed by atoms with van der Waals surface area (Å²) in [6.45, 7) is 4.17. The molecule has 0 saturated heterocycles. The lowest BCUT2D eigenvalue weighted by atomic mass is 9.94. The number of carboxylic acids is 1. The topological polar surface area (TPSA) is 105 Å². The van der Waals surface area contributed by atoms with E-state index in [1.165, 1.54) is 0 Å². The van der Waals surface area contributed by atoms with E-state index in [9.17, 15) is 19.5 Å². The molecule has 0 radical (unpaired) electrons. The number of amides is 2. The molecule has 3 N–H and O–H groups in total. The van der Waals surface area contributed by atoms with Gasteiger partial charge in [0.15, 0.2) is 0 Å². The van der Waals surface area contributed by atoms with Gasteiger partial charge in [-0.25, -0.2) is 9.59 Å². The quantitative estimate of drug-likeness (QED) is 0.478. The molecule has 0 bridgehead atoms. The SMILES string of the molecule is CCC(C)CC(NC(=O)OCC1c2ccccc2-c2ccccc21)C(=O)NC1(C(=O)O)CCCC1. The number of carbonyl (C=O) groups excluding carboxylic acids is 2. The number of aliphatic carboxylic acids is 1. The number of alkyl carbamates (subject to hydrolysis) is 1. The van der Waals surface area contributed by atoms with Gasteiger partial charge in [-0.1, -0.05) is 81.6 Å². The van der Waals surface area contributed by atoms with Crippen molar-refractivity contribution in [3.63, 3.8) is 0 Å². The van der Waals surface area contributed by atoms with Crippen LogP contribution in [0.4, 0.5) is 4.79 Å². The number of benzene rings is 2. The Morgan fingerprint density at radius 1 is 1.03 bits per heavy atom. The number of fused-ring (bicyclic) bond motifs is 3. The van der Waals surface area contributed by atoms with Crippen LogP contribution in [0.3, 0.4) is 0 Å². The van der Waals surface area contributed by atoms with Gasteiger partial charge in [-0.2, -0.15) is 0 Å². The van der Waals surface area contributed by atoms with Crippen LogP contribution in [-0.2, 0) is 14.3 Å². The van der Waals surface area contributed by atoms with Gasteiger partial charge in [0, 0.05) is 5.92 Å². The molecule has 7 heteroatoms. The Kier molecular flexibility index (Phi) is 7.43. The molecule has 2 aromatic rings. The highest BCUT2D eigenvalue weighted by atomic mass is 16.5. The fourth-order valence-corrected chi connectivity index (χ4v) is 5.28. The maximum Gasteiger partial charge on any atom is 0.407 e. The Morgan fingerprint density at radius 3 is 2.14 bits per heavy atom. The summed E-state index contributed by atoms with van der Waals surface area (Å²) in [6, 6.07) is 15.3. The average Bonchev–Trinajstić information content (AvgIpc) is 3.46. The molecule has 4 rings (SSSR count). The lowest BCUT2D eigenvalue weighted by Crippen LogP contribution is -2.58. The molecule has 2 unspecified atom stereocenters. The first-order valence-electron chi connectivity index (χ1n) is 12.5. The standard InChI is InChI=1S/C28H34N2O5/c1-3-18(2)16-24(25(31)30-28(26(32)33)14-8-9-15-28)29-27(34)35-17-23-21-12-6-4-10-19(21)20-11-5-7-13-22(20)23/h4-7,10-13,18,23-24H,3,8-9,14-17H2,1-2H3,(H,29,34)(H,30,31)(H,32,33). The molecule has 35 heavy (non-hydrogen) atoms. The molecular formula is C28H34N2O5. The van der Waals surface area contributed by atoms with E-state index in [1.54, 1.807) is 0 Å². The van der Waals surface area contributed by atoms with Gasteiger partial charge >= 0.3 is 12.1 Å². The molecule has 7 nitrogen and oxygen atoms in total. The van der Waals surface area contributed by atoms with Crippen LogP contribution < -0.4 is 10.6 Å². The Bertz CT molecular complexity index is 1050. The van der Waals surface area contributed by atoms with E-state index >= 15 is 0 Å². The van der Waals surface area contributed by atoms with Crippen molar-refractivity contribution in [2.45, 2.75) is 69.9 Å². The predicted octanol–water partition coefficient (Wildman–Crippen LogP) is 4.84. The van der Waals surface area contributed by atoms with Crippen molar-refractivity contribution < 1.29 is 24.2 Å². The minimum Gasteiger partial charge on any atom is -0.480 e. The van der Waals surface area contributed by atoms with E-state index in [0.717, 1.165) is 41.5 Å². The van der Waals surface area contributed by atoms with E-state index < -0.39 is 29.6 Å². The van der Waals surface area contributed by atoms with E-state index in [-0.39, 0.29) is 18.4 Å². The molecule has 2 aromatic carbocycles. The monoisotopic (exact) mass is 478 g/mol. The molecule has 2 aliphatic rings. The van der Waals surface area contributed by atoms with Crippen molar-refractivity contribution in [1.29, 1.82) is 0 Å². The second-order valence-corrected chi connectivity index (χ2v) is 9.86. The van der Waals surface area contributed by atoms with Crippen LogP contribution in [0, 0.1) is 5.92 Å². The molecule has 1 saturated carbocycles. The molecule has 2 atom stereocenters. The summed E-state index contributed by atoms with van der Waals surface area (Å²) in [5.74, 6) is -1.40. The fraction of sp³-hybridized carbons (Fsp3) is 0.464. The number of carbonyl (C=O) groups is 3. The highest BCUT2D eigenvalue weighted by Gasteiger charge is 2.44. The van der Waals surface area contributed by atoms with Crippen LogP contribution in [0.25, 0.3) is 11.1 Å². The number of rotatable bonds is 9. The van der Waals surface area contributed by atoms with Gasteiger partial charge in [0.1, 0.15) is 18.2 Å². The van der Waals surface area contributed by atoms with Crippen molar-refractivity contribution in [1.82, 2.24) is 10.6 Å². The molecule has 0 heterocycles. The van der Waals surface area contributed by atoms with Crippen LogP contribution in [0.2, 0.25) is 0 Å². The molecular weight excluding hydrogens is 444 g/mol. The Morgan fingerprint density at radius 2 is 1.60 bits per heavy atom. The van der Waals surface area contributed by atoms with Crippen molar-refractivity contribution >= 4 is 18.0 Å². The summed E-state index contributed by atoms with van der Waals surface area (Å²) in [4.78, 5) is 37.9. The van der Waals surface area contributed by atoms with Gasteiger partial charge < -0.3 is 20.5 Å². The maximum absolute atomic E-state index is 13.1. The van der Waals surface area contributed by atoms with E-state index in [2.05, 4.69) is 22.8 Å². The summed E-state index contributed by atoms with van der Waals surface area (Å²) in [7, 11) is 0. The van der Waals surface area contributed by atoms with E-state index in [4.69, 9.17) is 4.74 Å². The van der Waals surface area contributed by atoms with Crippen molar-refractivity contribution in [3.05, 3.63) is 59.7 Å². The van der Waals surface area contributed by atoms with Crippen molar-refractivity contribution in [2.24, 2.45) is 5.92 Å². The Labute approximate surface area is 206 Å². The average molecular weight is 479 g/mol. The van der Waals surface area contributed by atoms with Crippen molar-refractivity contribution in [2.75, 3.05) is 6.61 Å². The summed E-state index contributed by atoms with van der Waals surface area (Å²) < 4.78 is 5.63. The first kappa shape index (κ1) is 24.8. The largest absolute Gasteiger partial charge is 0.480 e. The molecule has 2 aliphatic carbocycles. The van der Waals surface area contributed by atoms with Gasteiger partial charge in [-0.05, 0) is 47.4 Å². The predicted molar refractivity (Wildman–Crippen MR) is 133 cm³/mol. The number of nitrogens with one attached hydrogen (secondary N) is 2. The fourth-order valence-electron chi connectivity index (χ4n) is 5.28. The van der Waals surface area contributed by atoms with Gasteiger partial charge in [-0.3, -0.25) is 4.79 Å². The Balaban J connectivity index is 1.44. The van der Waals surface area contributed by atoms with Crippen LogP contribution in [0.1, 0.15) is 69.4 Å². The lowest BCUT2D eigenvalue weighted by molar-refractivity contribution is -0.147. The third kappa shape index (κ3) is 5.19. The minimum absolute atomic E-state index is 0.0799. The number of carboxylic acid groups (broad SMARTS) is 1. The summed E-state index contributed by atoms with van der Waals surface area (Å²) in [5.41, 5.74) is 3.25. The van der Waals surface area contributed by atoms with Gasteiger partial charge in [0.05, 0.1) is 0 Å². The number of hydrogen-bond acceptors (Lipinski definition) is 4. The first-order valence-corrected chi connectivity index (χ1v) is 12.5. The molecule has 0 aliphatic heterocycles. The lowest BCUT2D eigenvalue weighted by Gasteiger charge is -2.29. The molecule has 186 valence electrons. The number of hydrogen-bond donors (Lipinski definition) is 3. The third-order valence-corrected chi connectivity index (χ3v) is 7.52. The third-order valence-electron chi connectivity index (χ3n) is 7.52. The summed E-state index contributed by atoms with van der Waals surface area (Å²) in [5, 5.41) is 15.2. The van der Waals surface area contributed by atoms with Crippen LogP contribution in [0.15, 0.2) is 48.5 Å². The molecule has 2 amide bonds. The summed E-state index contributed by atoms with van der Waals surface area (Å²) >= 11 is 0. The Hall–Kier alpha value is -3.35. The van der Waals surface area contributed by atoms with Gasteiger partial charge in [0.25, 0.3) is 0 Å². The van der Waals surface area contributed by atoms with Crippen LogP contribution >= 0.6 is 0 Å². The van der Waals surface area contributed by atoms with E-state index in [1.807, 2.05) is 50.2 Å². The van der Waals surface area contributed by atoms with E-state index in [0.29, 0.717) is 19.3 Å². The van der Waals surface area contributed by atoms with Crippen LogP contribution in [0.5, 0.6) is 0 Å². The zero-order valence-corrected chi connectivity index (χ0v) is 20.4. The molecule has 0 spiro atoms. The second kappa shape index (κ2) is 10.5. The molecule has 0 aromatic heterocycles. The zero-order valence-electron chi connectivity index (χ0n) is 20.4. The smallest absolute Gasteiger partial charge is 0.407 e. The number of ether oxygens (including phenoxy) is 1. The highest BCUT2D eigenvalue weighted by Crippen LogP contribution is 2.44. The maximum atomic E-state index is 13.1. The highest BCUT2D eigenvalue weighted by molar-refractivity contribution is 5.91. The second-order valence-electron chi connectivity index (χ2n) is 9.86. The minimum atomic E-state index is -1.26. The van der Waals surface area contributed by atoms with Gasteiger partial charge in [-0.15, -0.1) is 0 Å². The molecule has 1 fully saturated rings. The van der Waals surface area contributed by atoms with Crippen LogP contribution in [-0.4, -0.2) is 41.3 Å². The van der Waals surface area contributed by atoms with Crippen molar-refractivity contribution in [3.8, 4) is 11.1 Å². The zero-order chi connectivity index (χ0) is 25.0. The van der Waals surface area contributed by atoms with Gasteiger partial charge in [0.2, 0.25) is 5.91 Å². The first-order chi connectivity index (χ1) is 16.8. The normalized spacial score (nSPS) is 17.7. The summed E-state index contributed by atoms with van der Waals surface area (Å²) in [6.07, 6.45) is 2.86.